The second-order valence-corrected chi connectivity index (χ2v) is 7.29. The van der Waals surface area contributed by atoms with Crippen LogP contribution >= 0.6 is 11.8 Å². The molecule has 4 aromatic rings. The fourth-order valence-electron chi connectivity index (χ4n) is 3.03. The Balaban J connectivity index is 1.74. The van der Waals surface area contributed by atoms with E-state index in [2.05, 4.69) is 10.2 Å². The quantitative estimate of drug-likeness (QED) is 0.367. The fraction of sp³-hybridized carbons (Fsp3) is 0.143. The Morgan fingerprint density at radius 1 is 0.966 bits per heavy atom. The molecule has 8 heteroatoms. The molecule has 0 aliphatic carbocycles. The van der Waals surface area contributed by atoms with Crippen LogP contribution in [0.25, 0.3) is 17.3 Å². The minimum absolute atomic E-state index is 0.109. The summed E-state index contributed by atoms with van der Waals surface area (Å²) in [5.41, 5.74) is 1.39. The smallest absolute Gasteiger partial charge is 0.416 e. The first kappa shape index (κ1) is 19.3. The molecule has 29 heavy (non-hydrogen) atoms. The van der Waals surface area contributed by atoms with Gasteiger partial charge in [0.05, 0.1) is 17.5 Å². The molecular formula is C21H16F3N3OS. The molecule has 0 saturated heterocycles. The van der Waals surface area contributed by atoms with Gasteiger partial charge in [0.1, 0.15) is 0 Å². The number of aromatic nitrogens is 3. The number of hydrogen-bond donors (Lipinski definition) is 0. The van der Waals surface area contributed by atoms with E-state index in [0.717, 1.165) is 17.3 Å². The summed E-state index contributed by atoms with van der Waals surface area (Å²) >= 11 is 1.20. The largest absolute Gasteiger partial charge is 0.461 e. The zero-order valence-electron chi connectivity index (χ0n) is 15.3. The van der Waals surface area contributed by atoms with Crippen LogP contribution < -0.4 is 0 Å². The number of alkyl halides is 3. The molecule has 0 spiro atoms. The van der Waals surface area contributed by atoms with E-state index >= 15 is 0 Å². The van der Waals surface area contributed by atoms with Crippen molar-refractivity contribution in [3.05, 3.63) is 83.6 Å². The van der Waals surface area contributed by atoms with E-state index < -0.39 is 11.7 Å². The lowest BCUT2D eigenvalue weighted by Crippen LogP contribution is -2.08. The number of halogens is 3. The highest BCUT2D eigenvalue weighted by atomic mass is 32.2. The van der Waals surface area contributed by atoms with Gasteiger partial charge in [-0.25, -0.2) is 0 Å². The van der Waals surface area contributed by atoms with Crippen LogP contribution in [0, 0.1) is 6.92 Å². The summed E-state index contributed by atoms with van der Waals surface area (Å²) in [6.45, 7) is 1.95. The van der Waals surface area contributed by atoms with E-state index in [0.29, 0.717) is 16.7 Å². The second-order valence-electron chi connectivity index (χ2n) is 6.35. The summed E-state index contributed by atoms with van der Waals surface area (Å²) in [5.74, 6) is 1.14. The van der Waals surface area contributed by atoms with E-state index in [4.69, 9.17) is 4.42 Å². The maximum atomic E-state index is 13.3. The van der Waals surface area contributed by atoms with E-state index in [1.807, 2.05) is 35.8 Å². The third-order valence-corrected chi connectivity index (χ3v) is 5.39. The molecule has 0 saturated carbocycles. The zero-order valence-corrected chi connectivity index (χ0v) is 16.2. The average molecular weight is 415 g/mol. The van der Waals surface area contributed by atoms with Crippen LogP contribution in [0.15, 0.2) is 76.5 Å². The highest BCUT2D eigenvalue weighted by molar-refractivity contribution is 7.98. The minimum Gasteiger partial charge on any atom is -0.461 e. The molecule has 2 aromatic heterocycles. The van der Waals surface area contributed by atoms with Gasteiger partial charge in [-0.2, -0.15) is 13.2 Å². The number of rotatable bonds is 5. The molecule has 4 rings (SSSR count). The Bertz CT molecular complexity index is 1120. The number of nitrogens with zero attached hydrogens (tertiary/aromatic N) is 3. The lowest BCUT2D eigenvalue weighted by Gasteiger charge is -2.14. The van der Waals surface area contributed by atoms with Crippen LogP contribution in [0.1, 0.15) is 16.7 Å². The first-order chi connectivity index (χ1) is 13.9. The third-order valence-electron chi connectivity index (χ3n) is 4.41. The molecule has 0 aliphatic rings. The lowest BCUT2D eigenvalue weighted by atomic mass is 10.1. The van der Waals surface area contributed by atoms with Crippen LogP contribution in [-0.4, -0.2) is 14.8 Å². The normalized spacial score (nSPS) is 11.7. The Morgan fingerprint density at radius 3 is 2.45 bits per heavy atom. The van der Waals surface area contributed by atoms with Crippen molar-refractivity contribution in [2.24, 2.45) is 0 Å². The first-order valence-electron chi connectivity index (χ1n) is 8.78. The van der Waals surface area contributed by atoms with Crippen molar-refractivity contribution in [3.63, 3.8) is 0 Å². The van der Waals surface area contributed by atoms with Gasteiger partial charge in [0.25, 0.3) is 0 Å². The molecule has 0 atom stereocenters. The molecule has 0 fully saturated rings. The molecule has 0 radical (unpaired) electrons. The Kier molecular flexibility index (Phi) is 5.19. The van der Waals surface area contributed by atoms with E-state index in [-0.39, 0.29) is 11.3 Å². The van der Waals surface area contributed by atoms with Crippen molar-refractivity contribution in [2.75, 3.05) is 0 Å². The fourth-order valence-corrected chi connectivity index (χ4v) is 3.97. The zero-order chi connectivity index (χ0) is 20.4. The summed E-state index contributed by atoms with van der Waals surface area (Å²) < 4.78 is 47.2. The maximum absolute atomic E-state index is 13.3. The topological polar surface area (TPSA) is 43.9 Å². The van der Waals surface area contributed by atoms with Crippen molar-refractivity contribution in [1.29, 1.82) is 0 Å². The molecule has 2 heterocycles. The van der Waals surface area contributed by atoms with E-state index in [1.165, 1.54) is 23.9 Å². The molecule has 0 amide bonds. The summed E-state index contributed by atoms with van der Waals surface area (Å²) in [6.07, 6.45) is -2.86. The maximum Gasteiger partial charge on any atom is 0.416 e. The molecular weight excluding hydrogens is 399 g/mol. The highest BCUT2D eigenvalue weighted by Crippen LogP contribution is 2.36. The predicted octanol–water partition coefficient (Wildman–Crippen LogP) is 6.15. The van der Waals surface area contributed by atoms with Crippen molar-refractivity contribution in [2.45, 2.75) is 24.0 Å². The second kappa shape index (κ2) is 7.79. The van der Waals surface area contributed by atoms with Crippen LogP contribution in [0.2, 0.25) is 0 Å². The Labute approximate surface area is 169 Å². The molecule has 0 aliphatic heterocycles. The Morgan fingerprint density at radius 2 is 1.72 bits per heavy atom. The van der Waals surface area contributed by atoms with Gasteiger partial charge in [0, 0.05) is 5.75 Å². The SMILES string of the molecule is Cc1ccccc1-n1c(SCc2ccccc2C(F)(F)F)nnc1-c1ccco1. The number of furan rings is 1. The van der Waals surface area contributed by atoms with Gasteiger partial charge in [-0.3, -0.25) is 4.57 Å². The Hall–Kier alpha value is -3.00. The molecule has 2 aromatic carbocycles. The summed E-state index contributed by atoms with van der Waals surface area (Å²) in [5, 5.41) is 8.96. The summed E-state index contributed by atoms with van der Waals surface area (Å²) in [6, 6.07) is 16.8. The van der Waals surface area contributed by atoms with Gasteiger partial charge in [0.15, 0.2) is 10.9 Å². The van der Waals surface area contributed by atoms with Crippen LogP contribution in [0.3, 0.4) is 0 Å². The van der Waals surface area contributed by atoms with Crippen molar-refractivity contribution < 1.29 is 17.6 Å². The highest BCUT2D eigenvalue weighted by Gasteiger charge is 2.33. The molecule has 0 unspecified atom stereocenters. The lowest BCUT2D eigenvalue weighted by molar-refractivity contribution is -0.138. The van der Waals surface area contributed by atoms with Gasteiger partial charge in [-0.1, -0.05) is 48.2 Å². The number of thioether (sulfide) groups is 1. The monoisotopic (exact) mass is 415 g/mol. The van der Waals surface area contributed by atoms with Crippen molar-refractivity contribution in [3.8, 4) is 17.3 Å². The van der Waals surface area contributed by atoms with Crippen LogP contribution in [0.5, 0.6) is 0 Å². The molecule has 0 N–H and O–H groups in total. The average Bonchev–Trinajstić information content (AvgIpc) is 3.36. The van der Waals surface area contributed by atoms with Crippen molar-refractivity contribution >= 4 is 11.8 Å². The number of para-hydroxylation sites is 1. The summed E-state index contributed by atoms with van der Waals surface area (Å²) in [7, 11) is 0. The molecule has 4 nitrogen and oxygen atoms in total. The minimum atomic E-state index is -4.40. The van der Waals surface area contributed by atoms with Crippen molar-refractivity contribution in [1.82, 2.24) is 14.8 Å². The van der Waals surface area contributed by atoms with Gasteiger partial charge >= 0.3 is 6.18 Å². The van der Waals surface area contributed by atoms with E-state index in [1.54, 1.807) is 24.5 Å². The first-order valence-corrected chi connectivity index (χ1v) is 9.77. The number of aryl methyl sites for hydroxylation is 1. The van der Waals surface area contributed by atoms with Gasteiger partial charge in [-0.05, 0) is 42.3 Å². The van der Waals surface area contributed by atoms with Crippen LogP contribution in [0.4, 0.5) is 13.2 Å². The van der Waals surface area contributed by atoms with Gasteiger partial charge in [0.2, 0.25) is 5.82 Å². The number of hydrogen-bond acceptors (Lipinski definition) is 4. The molecule has 0 bridgehead atoms. The van der Waals surface area contributed by atoms with Crippen LogP contribution in [-0.2, 0) is 11.9 Å². The van der Waals surface area contributed by atoms with E-state index in [9.17, 15) is 13.2 Å². The standard InChI is InChI=1S/C21H16F3N3OS/c1-14-7-2-5-10-17(14)27-19(18-11-6-12-28-18)25-26-20(27)29-13-15-8-3-4-9-16(15)21(22,23)24/h2-12H,13H2,1H3. The number of benzene rings is 2. The molecule has 148 valence electrons. The van der Waals surface area contributed by atoms with Gasteiger partial charge < -0.3 is 4.42 Å². The van der Waals surface area contributed by atoms with Gasteiger partial charge in [-0.15, -0.1) is 10.2 Å². The predicted molar refractivity (Wildman–Crippen MR) is 105 cm³/mol. The third kappa shape index (κ3) is 3.93. The summed E-state index contributed by atoms with van der Waals surface area (Å²) in [4.78, 5) is 0.